The maximum Gasteiger partial charge on any atom is 0.172 e. The second-order valence-electron chi connectivity index (χ2n) is 4.29. The fourth-order valence-corrected chi connectivity index (χ4v) is 2.37. The van der Waals surface area contributed by atoms with E-state index in [0.29, 0.717) is 11.7 Å². The first-order valence-corrected chi connectivity index (χ1v) is 6.72. The summed E-state index contributed by atoms with van der Waals surface area (Å²) in [7, 11) is 0. The lowest BCUT2D eigenvalue weighted by Crippen LogP contribution is -2.04. The molecule has 0 unspecified atom stereocenters. The van der Waals surface area contributed by atoms with Gasteiger partial charge in [0.1, 0.15) is 0 Å². The molecule has 94 valence electrons. The summed E-state index contributed by atoms with van der Waals surface area (Å²) >= 11 is 1.53. The smallest absolute Gasteiger partial charge is 0.172 e. The summed E-state index contributed by atoms with van der Waals surface area (Å²) in [6.07, 6.45) is 1.05. The van der Waals surface area contributed by atoms with Gasteiger partial charge in [0.05, 0.1) is 5.75 Å². The minimum absolute atomic E-state index is 0.155. The second kappa shape index (κ2) is 6.74. The van der Waals surface area contributed by atoms with E-state index in [1.54, 1.807) is 0 Å². The standard InChI is InChI=1S/C13H16F2OS/c1-9(2)5-6-17-8-13(16)10-3-4-11(14)12(15)7-10/h3-4,7,9H,5-6,8H2,1-2H3. The molecular weight excluding hydrogens is 242 g/mol. The monoisotopic (exact) mass is 258 g/mol. The van der Waals surface area contributed by atoms with Crippen molar-refractivity contribution in [2.24, 2.45) is 5.92 Å². The van der Waals surface area contributed by atoms with Gasteiger partial charge in [0.2, 0.25) is 0 Å². The number of thioether (sulfide) groups is 1. The van der Waals surface area contributed by atoms with Crippen LogP contribution in [0.15, 0.2) is 18.2 Å². The molecule has 0 saturated carbocycles. The van der Waals surface area contributed by atoms with Gasteiger partial charge in [-0.1, -0.05) is 13.8 Å². The van der Waals surface area contributed by atoms with Crippen molar-refractivity contribution in [1.82, 2.24) is 0 Å². The van der Waals surface area contributed by atoms with Crippen molar-refractivity contribution in [3.8, 4) is 0 Å². The molecule has 0 aromatic heterocycles. The Balaban J connectivity index is 2.44. The van der Waals surface area contributed by atoms with Crippen molar-refractivity contribution in [2.45, 2.75) is 20.3 Å². The fraction of sp³-hybridized carbons (Fsp3) is 0.462. The number of halogens is 2. The third kappa shape index (κ3) is 4.86. The van der Waals surface area contributed by atoms with Gasteiger partial charge in [0, 0.05) is 5.56 Å². The Kier molecular flexibility index (Phi) is 5.62. The lowest BCUT2D eigenvalue weighted by atomic mass is 10.1. The van der Waals surface area contributed by atoms with Crippen molar-refractivity contribution in [3.05, 3.63) is 35.4 Å². The minimum Gasteiger partial charge on any atom is -0.293 e. The summed E-state index contributed by atoms with van der Waals surface area (Å²) in [6, 6.07) is 3.27. The molecule has 0 bridgehead atoms. The van der Waals surface area contributed by atoms with E-state index in [9.17, 15) is 13.6 Å². The first-order chi connectivity index (χ1) is 8.00. The van der Waals surface area contributed by atoms with Crippen LogP contribution in [0.4, 0.5) is 8.78 Å². The molecule has 1 aromatic carbocycles. The van der Waals surface area contributed by atoms with Crippen LogP contribution >= 0.6 is 11.8 Å². The Labute approximate surface area is 105 Å². The molecule has 0 heterocycles. The van der Waals surface area contributed by atoms with Gasteiger partial charge in [-0.15, -0.1) is 0 Å². The van der Waals surface area contributed by atoms with Crippen LogP contribution in [0.5, 0.6) is 0 Å². The number of benzene rings is 1. The van der Waals surface area contributed by atoms with E-state index >= 15 is 0 Å². The largest absolute Gasteiger partial charge is 0.293 e. The number of ketones is 1. The summed E-state index contributed by atoms with van der Waals surface area (Å²) in [5.41, 5.74) is 0.237. The number of hydrogen-bond donors (Lipinski definition) is 0. The predicted octanol–water partition coefficient (Wildman–Crippen LogP) is 3.93. The summed E-state index contributed by atoms with van der Waals surface area (Å²) in [5, 5.41) is 0. The van der Waals surface area contributed by atoms with E-state index in [0.717, 1.165) is 24.3 Å². The molecule has 0 atom stereocenters. The second-order valence-corrected chi connectivity index (χ2v) is 5.39. The average Bonchev–Trinajstić information content (AvgIpc) is 2.27. The zero-order valence-corrected chi connectivity index (χ0v) is 10.8. The Bertz CT molecular complexity index is 391. The van der Waals surface area contributed by atoms with Crippen LogP contribution in [0.3, 0.4) is 0 Å². The van der Waals surface area contributed by atoms with E-state index in [1.807, 2.05) is 0 Å². The topological polar surface area (TPSA) is 17.1 Å². The molecule has 0 radical (unpaired) electrons. The third-order valence-electron chi connectivity index (χ3n) is 2.31. The highest BCUT2D eigenvalue weighted by Gasteiger charge is 2.09. The number of Topliss-reactive ketones (excluding diaryl/α,β-unsaturated/α-hetero) is 1. The first-order valence-electron chi connectivity index (χ1n) is 5.56. The molecule has 4 heteroatoms. The van der Waals surface area contributed by atoms with Crippen LogP contribution in [0.25, 0.3) is 0 Å². The van der Waals surface area contributed by atoms with Gasteiger partial charge < -0.3 is 0 Å². The molecule has 0 aliphatic heterocycles. The molecule has 0 fully saturated rings. The number of rotatable bonds is 6. The quantitative estimate of drug-likeness (QED) is 0.568. The summed E-state index contributed by atoms with van der Waals surface area (Å²) in [4.78, 5) is 11.6. The Morgan fingerprint density at radius 1 is 1.29 bits per heavy atom. The van der Waals surface area contributed by atoms with Gasteiger partial charge in [-0.05, 0) is 36.3 Å². The van der Waals surface area contributed by atoms with Crippen LogP contribution in [-0.4, -0.2) is 17.3 Å². The van der Waals surface area contributed by atoms with Crippen LogP contribution in [0, 0.1) is 17.6 Å². The van der Waals surface area contributed by atoms with E-state index in [1.165, 1.54) is 17.8 Å². The lowest BCUT2D eigenvalue weighted by Gasteiger charge is -2.04. The number of carbonyl (C=O) groups is 1. The van der Waals surface area contributed by atoms with Gasteiger partial charge >= 0.3 is 0 Å². The predicted molar refractivity (Wildman–Crippen MR) is 67.5 cm³/mol. The molecule has 0 amide bonds. The SMILES string of the molecule is CC(C)CCSCC(=O)c1ccc(F)c(F)c1. The first kappa shape index (κ1) is 14.2. The molecule has 0 aliphatic rings. The number of carbonyl (C=O) groups excluding carboxylic acids is 1. The molecule has 1 nitrogen and oxygen atoms in total. The van der Waals surface area contributed by atoms with E-state index in [2.05, 4.69) is 13.8 Å². The van der Waals surface area contributed by atoms with Crippen molar-refractivity contribution in [3.63, 3.8) is 0 Å². The van der Waals surface area contributed by atoms with Gasteiger partial charge in [-0.2, -0.15) is 11.8 Å². The fourth-order valence-electron chi connectivity index (χ4n) is 1.24. The molecule has 0 aliphatic carbocycles. The zero-order chi connectivity index (χ0) is 12.8. The maximum absolute atomic E-state index is 12.9. The minimum atomic E-state index is -0.969. The molecule has 0 spiro atoms. The summed E-state index contributed by atoms with van der Waals surface area (Å²) in [5.74, 6) is -0.208. The van der Waals surface area contributed by atoms with Crippen molar-refractivity contribution >= 4 is 17.5 Å². The highest BCUT2D eigenvalue weighted by molar-refractivity contribution is 7.99. The average molecular weight is 258 g/mol. The highest BCUT2D eigenvalue weighted by Crippen LogP contribution is 2.14. The van der Waals surface area contributed by atoms with E-state index in [-0.39, 0.29) is 11.3 Å². The summed E-state index contributed by atoms with van der Waals surface area (Å²) in [6.45, 7) is 4.25. The molecule has 0 saturated heterocycles. The summed E-state index contributed by atoms with van der Waals surface area (Å²) < 4.78 is 25.6. The van der Waals surface area contributed by atoms with Crippen LogP contribution in [0.1, 0.15) is 30.6 Å². The molecule has 1 rings (SSSR count). The molecule has 17 heavy (non-hydrogen) atoms. The van der Waals surface area contributed by atoms with Crippen LogP contribution < -0.4 is 0 Å². The molecule has 1 aromatic rings. The van der Waals surface area contributed by atoms with E-state index in [4.69, 9.17) is 0 Å². The normalized spacial score (nSPS) is 10.9. The molecular formula is C13H16F2OS. The Morgan fingerprint density at radius 3 is 2.59 bits per heavy atom. The Hall–Kier alpha value is -0.900. The Morgan fingerprint density at radius 2 is 2.00 bits per heavy atom. The van der Waals surface area contributed by atoms with Crippen molar-refractivity contribution in [1.29, 1.82) is 0 Å². The molecule has 0 N–H and O–H groups in total. The van der Waals surface area contributed by atoms with Gasteiger partial charge in [-0.25, -0.2) is 8.78 Å². The highest BCUT2D eigenvalue weighted by atomic mass is 32.2. The van der Waals surface area contributed by atoms with Gasteiger partial charge in [-0.3, -0.25) is 4.79 Å². The third-order valence-corrected chi connectivity index (χ3v) is 3.30. The van der Waals surface area contributed by atoms with Crippen molar-refractivity contribution < 1.29 is 13.6 Å². The zero-order valence-electron chi connectivity index (χ0n) is 10.0. The van der Waals surface area contributed by atoms with Crippen LogP contribution in [0.2, 0.25) is 0 Å². The van der Waals surface area contributed by atoms with Gasteiger partial charge in [0.15, 0.2) is 17.4 Å². The number of hydrogen-bond acceptors (Lipinski definition) is 2. The maximum atomic E-state index is 12.9. The van der Waals surface area contributed by atoms with Gasteiger partial charge in [0.25, 0.3) is 0 Å². The van der Waals surface area contributed by atoms with Crippen molar-refractivity contribution in [2.75, 3.05) is 11.5 Å². The lowest BCUT2D eigenvalue weighted by molar-refractivity contribution is 0.102. The van der Waals surface area contributed by atoms with E-state index < -0.39 is 11.6 Å². The van der Waals surface area contributed by atoms with Crippen LogP contribution in [-0.2, 0) is 0 Å².